The van der Waals surface area contributed by atoms with Gasteiger partial charge >= 0.3 is 0 Å². The van der Waals surface area contributed by atoms with E-state index in [1.54, 1.807) is 24.5 Å². The lowest BCUT2D eigenvalue weighted by Gasteiger charge is -2.07. The number of aryl methyl sites for hydroxylation is 2. The maximum Gasteiger partial charge on any atom is 0.224 e. The molecule has 0 saturated carbocycles. The highest BCUT2D eigenvalue weighted by Gasteiger charge is 2.13. The van der Waals surface area contributed by atoms with Crippen LogP contribution in [-0.2, 0) is 24.2 Å². The van der Waals surface area contributed by atoms with Gasteiger partial charge in [-0.1, -0.05) is 13.0 Å². The fraction of sp³-hybridized carbons (Fsp3) is 0.263. The monoisotopic (exact) mass is 325 g/mol. The van der Waals surface area contributed by atoms with Crippen LogP contribution in [0, 0.1) is 12.7 Å². The van der Waals surface area contributed by atoms with E-state index in [-0.39, 0.29) is 24.7 Å². The van der Waals surface area contributed by atoms with E-state index in [4.69, 9.17) is 0 Å². The molecule has 2 aromatic heterocycles. The summed E-state index contributed by atoms with van der Waals surface area (Å²) in [7, 11) is 0. The van der Waals surface area contributed by atoms with Crippen molar-refractivity contribution in [1.29, 1.82) is 0 Å². The topological polar surface area (TPSA) is 57.8 Å². The second-order valence-corrected chi connectivity index (χ2v) is 5.88. The third-order valence-electron chi connectivity index (χ3n) is 4.23. The van der Waals surface area contributed by atoms with Gasteiger partial charge in [-0.3, -0.25) is 9.78 Å². The van der Waals surface area contributed by atoms with Crippen LogP contribution in [0.4, 0.5) is 4.39 Å². The van der Waals surface area contributed by atoms with E-state index in [1.807, 2.05) is 13.0 Å². The van der Waals surface area contributed by atoms with Gasteiger partial charge in [0.05, 0.1) is 11.9 Å². The number of nitrogens with one attached hydrogen (secondary N) is 2. The molecule has 1 aromatic carbocycles. The SMILES string of the molecule is CCc1[nH]c2c(CNC(=O)Cc3cccnc3)cc(F)cc2c1C. The maximum absolute atomic E-state index is 13.9. The van der Waals surface area contributed by atoms with Crippen LogP contribution in [0.5, 0.6) is 0 Å². The van der Waals surface area contributed by atoms with Gasteiger partial charge in [0, 0.05) is 30.0 Å². The lowest BCUT2D eigenvalue weighted by molar-refractivity contribution is -0.120. The summed E-state index contributed by atoms with van der Waals surface area (Å²) in [5.74, 6) is -0.400. The van der Waals surface area contributed by atoms with Gasteiger partial charge in [-0.05, 0) is 48.2 Å². The highest BCUT2D eigenvalue weighted by molar-refractivity contribution is 5.88. The van der Waals surface area contributed by atoms with E-state index in [9.17, 15) is 9.18 Å². The minimum atomic E-state index is -0.288. The number of rotatable bonds is 5. The molecule has 0 radical (unpaired) electrons. The van der Waals surface area contributed by atoms with Crippen LogP contribution < -0.4 is 5.32 Å². The van der Waals surface area contributed by atoms with Crippen molar-refractivity contribution in [2.45, 2.75) is 33.2 Å². The van der Waals surface area contributed by atoms with Gasteiger partial charge < -0.3 is 10.3 Å². The van der Waals surface area contributed by atoms with Crippen molar-refractivity contribution in [3.05, 3.63) is 64.9 Å². The van der Waals surface area contributed by atoms with Crippen molar-refractivity contribution in [1.82, 2.24) is 15.3 Å². The Hall–Kier alpha value is -2.69. The molecule has 0 unspecified atom stereocenters. The van der Waals surface area contributed by atoms with Crippen LogP contribution in [-0.4, -0.2) is 15.9 Å². The number of fused-ring (bicyclic) bond motifs is 1. The molecule has 1 amide bonds. The standard InChI is InChI=1S/C19H20FN3O/c1-3-17-12(2)16-9-15(20)8-14(19(16)23-17)11-22-18(24)7-13-5-4-6-21-10-13/h4-6,8-10,23H,3,7,11H2,1-2H3,(H,22,24). The zero-order valence-corrected chi connectivity index (χ0v) is 13.8. The number of pyridine rings is 1. The number of nitrogens with zero attached hydrogens (tertiary/aromatic N) is 1. The third kappa shape index (κ3) is 3.30. The molecular formula is C19H20FN3O. The lowest BCUT2D eigenvalue weighted by atomic mass is 10.1. The molecule has 124 valence electrons. The van der Waals surface area contributed by atoms with E-state index in [2.05, 4.69) is 22.2 Å². The van der Waals surface area contributed by atoms with E-state index >= 15 is 0 Å². The second kappa shape index (κ2) is 6.83. The van der Waals surface area contributed by atoms with Crippen LogP contribution in [0.25, 0.3) is 10.9 Å². The van der Waals surface area contributed by atoms with E-state index in [1.165, 1.54) is 6.07 Å². The summed E-state index contributed by atoms with van der Waals surface area (Å²) in [5, 5.41) is 3.74. The number of H-pyrrole nitrogens is 1. The average molecular weight is 325 g/mol. The second-order valence-electron chi connectivity index (χ2n) is 5.88. The molecule has 4 nitrogen and oxygen atoms in total. The Kier molecular flexibility index (Phi) is 4.60. The summed E-state index contributed by atoms with van der Waals surface area (Å²) < 4.78 is 13.9. The molecule has 2 heterocycles. The van der Waals surface area contributed by atoms with Gasteiger partial charge in [0.25, 0.3) is 0 Å². The number of hydrogen-bond donors (Lipinski definition) is 2. The van der Waals surface area contributed by atoms with Gasteiger partial charge in [0.1, 0.15) is 5.82 Å². The summed E-state index contributed by atoms with van der Waals surface area (Å²) in [6, 6.07) is 6.67. The molecule has 5 heteroatoms. The Bertz CT molecular complexity index is 871. The molecule has 0 aliphatic rings. The Morgan fingerprint density at radius 2 is 2.21 bits per heavy atom. The molecule has 24 heavy (non-hydrogen) atoms. The van der Waals surface area contributed by atoms with E-state index in [0.29, 0.717) is 0 Å². The summed E-state index contributed by atoms with van der Waals surface area (Å²) >= 11 is 0. The number of benzene rings is 1. The summed E-state index contributed by atoms with van der Waals surface area (Å²) in [5.41, 5.74) is 4.66. The molecule has 0 fully saturated rings. The number of aromatic nitrogens is 2. The molecule has 0 atom stereocenters. The molecular weight excluding hydrogens is 305 g/mol. The number of aromatic amines is 1. The first kappa shape index (κ1) is 16.2. The summed E-state index contributed by atoms with van der Waals surface area (Å²) in [4.78, 5) is 19.4. The Morgan fingerprint density at radius 1 is 1.38 bits per heavy atom. The fourth-order valence-corrected chi connectivity index (χ4v) is 2.95. The Morgan fingerprint density at radius 3 is 2.92 bits per heavy atom. The first-order valence-corrected chi connectivity index (χ1v) is 8.03. The van der Waals surface area contributed by atoms with Crippen molar-refractivity contribution < 1.29 is 9.18 Å². The molecule has 0 aliphatic carbocycles. The molecule has 2 N–H and O–H groups in total. The van der Waals surface area contributed by atoms with Gasteiger partial charge in [0.15, 0.2) is 0 Å². The number of halogens is 1. The van der Waals surface area contributed by atoms with Crippen LogP contribution in [0.1, 0.15) is 29.3 Å². The summed E-state index contributed by atoms with van der Waals surface area (Å²) in [6.45, 7) is 4.34. The Balaban J connectivity index is 1.78. The Labute approximate surface area is 140 Å². The van der Waals surface area contributed by atoms with E-state index < -0.39 is 0 Å². The zero-order chi connectivity index (χ0) is 17.1. The van der Waals surface area contributed by atoms with Gasteiger partial charge in [0.2, 0.25) is 5.91 Å². The van der Waals surface area contributed by atoms with Gasteiger partial charge in [-0.25, -0.2) is 4.39 Å². The van der Waals surface area contributed by atoms with E-state index in [0.717, 1.165) is 39.7 Å². The van der Waals surface area contributed by atoms with Crippen molar-refractivity contribution >= 4 is 16.8 Å². The fourth-order valence-electron chi connectivity index (χ4n) is 2.95. The predicted molar refractivity (Wildman–Crippen MR) is 92.2 cm³/mol. The minimum Gasteiger partial charge on any atom is -0.358 e. The highest BCUT2D eigenvalue weighted by Crippen LogP contribution is 2.26. The third-order valence-corrected chi connectivity index (χ3v) is 4.23. The number of hydrogen-bond acceptors (Lipinski definition) is 2. The molecule has 0 aliphatic heterocycles. The molecule has 0 spiro atoms. The molecule has 3 rings (SSSR count). The van der Waals surface area contributed by atoms with Crippen molar-refractivity contribution in [2.24, 2.45) is 0 Å². The van der Waals surface area contributed by atoms with Gasteiger partial charge in [-0.2, -0.15) is 0 Å². The van der Waals surface area contributed by atoms with Crippen LogP contribution in [0.2, 0.25) is 0 Å². The normalized spacial score (nSPS) is 11.0. The molecule has 0 saturated heterocycles. The van der Waals surface area contributed by atoms with Crippen molar-refractivity contribution in [3.63, 3.8) is 0 Å². The lowest BCUT2D eigenvalue weighted by Crippen LogP contribution is -2.24. The maximum atomic E-state index is 13.9. The minimum absolute atomic E-state index is 0.112. The average Bonchev–Trinajstić information content (AvgIpc) is 2.90. The van der Waals surface area contributed by atoms with Crippen molar-refractivity contribution in [2.75, 3.05) is 0 Å². The van der Waals surface area contributed by atoms with Gasteiger partial charge in [-0.15, -0.1) is 0 Å². The summed E-state index contributed by atoms with van der Waals surface area (Å²) in [6.07, 6.45) is 4.46. The predicted octanol–water partition coefficient (Wildman–Crippen LogP) is 3.43. The van der Waals surface area contributed by atoms with Crippen LogP contribution >= 0.6 is 0 Å². The number of amides is 1. The largest absolute Gasteiger partial charge is 0.358 e. The van der Waals surface area contributed by atoms with Crippen LogP contribution in [0.15, 0.2) is 36.7 Å². The number of carbonyl (C=O) groups excluding carboxylic acids is 1. The zero-order valence-electron chi connectivity index (χ0n) is 13.8. The molecule has 3 aromatic rings. The first-order valence-electron chi connectivity index (χ1n) is 8.03. The smallest absolute Gasteiger partial charge is 0.224 e. The van der Waals surface area contributed by atoms with Crippen molar-refractivity contribution in [3.8, 4) is 0 Å². The highest BCUT2D eigenvalue weighted by atomic mass is 19.1. The number of carbonyl (C=O) groups is 1. The first-order chi connectivity index (χ1) is 11.6. The van der Waals surface area contributed by atoms with Crippen LogP contribution in [0.3, 0.4) is 0 Å². The quantitative estimate of drug-likeness (QED) is 0.755. The molecule has 0 bridgehead atoms.